The van der Waals surface area contributed by atoms with Gasteiger partial charge >= 0.3 is 0 Å². The first kappa shape index (κ1) is 11.4. The number of nitrogens with one attached hydrogen (secondary N) is 1. The number of rotatable bonds is 4. The largest absolute Gasteiger partial charge is 0.368 e. The van der Waals surface area contributed by atoms with Gasteiger partial charge in [0.05, 0.1) is 5.69 Å². The molecule has 2 rings (SSSR count). The van der Waals surface area contributed by atoms with E-state index < -0.39 is 0 Å². The van der Waals surface area contributed by atoms with Crippen molar-refractivity contribution in [3.8, 4) is 0 Å². The van der Waals surface area contributed by atoms with E-state index >= 15 is 0 Å². The molecule has 0 amide bonds. The van der Waals surface area contributed by atoms with Crippen molar-refractivity contribution in [1.82, 2.24) is 10.2 Å². The van der Waals surface area contributed by atoms with E-state index in [4.69, 9.17) is 0 Å². The van der Waals surface area contributed by atoms with Crippen molar-refractivity contribution in [2.24, 2.45) is 11.3 Å². The fourth-order valence-corrected chi connectivity index (χ4v) is 1.90. The maximum absolute atomic E-state index is 4.20. The van der Waals surface area contributed by atoms with E-state index in [9.17, 15) is 0 Å². The fourth-order valence-electron chi connectivity index (χ4n) is 1.90. The molecule has 1 atom stereocenters. The normalized spacial score (nSPS) is 22.2. The molecule has 1 heterocycles. The second-order valence-electron chi connectivity index (χ2n) is 5.77. The summed E-state index contributed by atoms with van der Waals surface area (Å²) < 4.78 is 0. The third-order valence-corrected chi connectivity index (χ3v) is 3.52. The van der Waals surface area contributed by atoms with E-state index in [0.717, 1.165) is 24.0 Å². The molecule has 0 aromatic carbocycles. The monoisotopic (exact) mass is 219 g/mol. The van der Waals surface area contributed by atoms with Crippen molar-refractivity contribution in [1.29, 1.82) is 0 Å². The molecule has 1 aliphatic rings. The van der Waals surface area contributed by atoms with Crippen LogP contribution in [0.5, 0.6) is 0 Å². The first-order chi connectivity index (χ1) is 7.49. The molecule has 0 bridgehead atoms. The topological polar surface area (TPSA) is 37.8 Å². The molecule has 88 valence electrons. The van der Waals surface area contributed by atoms with Crippen molar-refractivity contribution >= 4 is 5.82 Å². The molecular weight excluding hydrogens is 198 g/mol. The molecule has 1 fully saturated rings. The SMILES string of the molecule is CC(C)c1ccc(NCC2CC2(C)C)nn1. The van der Waals surface area contributed by atoms with E-state index in [1.54, 1.807) is 0 Å². The van der Waals surface area contributed by atoms with Crippen LogP contribution in [-0.4, -0.2) is 16.7 Å². The fraction of sp³-hybridized carbons (Fsp3) is 0.692. The van der Waals surface area contributed by atoms with Gasteiger partial charge in [-0.05, 0) is 35.8 Å². The van der Waals surface area contributed by atoms with Gasteiger partial charge < -0.3 is 5.32 Å². The minimum Gasteiger partial charge on any atom is -0.368 e. The van der Waals surface area contributed by atoms with Gasteiger partial charge in [-0.2, -0.15) is 5.10 Å². The van der Waals surface area contributed by atoms with Gasteiger partial charge in [0, 0.05) is 6.54 Å². The number of anilines is 1. The highest BCUT2D eigenvalue weighted by Gasteiger charge is 2.44. The molecule has 3 heteroatoms. The molecule has 16 heavy (non-hydrogen) atoms. The van der Waals surface area contributed by atoms with E-state index in [0.29, 0.717) is 11.3 Å². The van der Waals surface area contributed by atoms with Gasteiger partial charge in [-0.15, -0.1) is 5.10 Å². The molecule has 1 aromatic rings. The highest BCUT2D eigenvalue weighted by atomic mass is 15.2. The van der Waals surface area contributed by atoms with Crippen molar-refractivity contribution in [2.45, 2.75) is 40.0 Å². The summed E-state index contributed by atoms with van der Waals surface area (Å²) in [4.78, 5) is 0. The predicted octanol–water partition coefficient (Wildman–Crippen LogP) is 3.06. The van der Waals surface area contributed by atoms with E-state index in [-0.39, 0.29) is 0 Å². The number of hydrogen-bond acceptors (Lipinski definition) is 3. The zero-order valence-corrected chi connectivity index (χ0v) is 10.6. The lowest BCUT2D eigenvalue weighted by Crippen LogP contribution is -2.09. The summed E-state index contributed by atoms with van der Waals surface area (Å²) in [6.45, 7) is 9.90. The van der Waals surface area contributed by atoms with Gasteiger partial charge in [0.2, 0.25) is 0 Å². The molecule has 1 saturated carbocycles. The molecule has 1 aliphatic carbocycles. The Balaban J connectivity index is 1.86. The van der Waals surface area contributed by atoms with Gasteiger partial charge in [0.25, 0.3) is 0 Å². The smallest absolute Gasteiger partial charge is 0.148 e. The van der Waals surface area contributed by atoms with Crippen molar-refractivity contribution in [3.05, 3.63) is 17.8 Å². The lowest BCUT2D eigenvalue weighted by molar-refractivity contribution is 0.572. The average Bonchev–Trinajstić information content (AvgIpc) is 2.84. The van der Waals surface area contributed by atoms with Crippen LogP contribution in [0.4, 0.5) is 5.82 Å². The van der Waals surface area contributed by atoms with Gasteiger partial charge in [0.15, 0.2) is 0 Å². The Morgan fingerprint density at radius 2 is 2.06 bits per heavy atom. The predicted molar refractivity (Wildman–Crippen MR) is 66.5 cm³/mol. The lowest BCUT2D eigenvalue weighted by atomic mass is 10.1. The molecule has 3 nitrogen and oxygen atoms in total. The van der Waals surface area contributed by atoms with Crippen LogP contribution in [0.15, 0.2) is 12.1 Å². The van der Waals surface area contributed by atoms with Gasteiger partial charge in [0.1, 0.15) is 5.82 Å². The Morgan fingerprint density at radius 1 is 1.38 bits per heavy atom. The summed E-state index contributed by atoms with van der Waals surface area (Å²) in [5.41, 5.74) is 1.58. The minimum atomic E-state index is 0.448. The maximum Gasteiger partial charge on any atom is 0.148 e. The first-order valence-electron chi connectivity index (χ1n) is 6.06. The van der Waals surface area contributed by atoms with Crippen LogP contribution in [-0.2, 0) is 0 Å². The quantitative estimate of drug-likeness (QED) is 0.845. The van der Waals surface area contributed by atoms with Crippen molar-refractivity contribution in [3.63, 3.8) is 0 Å². The lowest BCUT2D eigenvalue weighted by Gasteiger charge is -2.07. The third-order valence-electron chi connectivity index (χ3n) is 3.52. The molecule has 1 N–H and O–H groups in total. The molecule has 1 unspecified atom stereocenters. The van der Waals surface area contributed by atoms with Crippen LogP contribution < -0.4 is 5.32 Å². The van der Waals surface area contributed by atoms with Crippen LogP contribution in [0.1, 0.15) is 45.7 Å². The Morgan fingerprint density at radius 3 is 2.50 bits per heavy atom. The van der Waals surface area contributed by atoms with Crippen LogP contribution in [0.2, 0.25) is 0 Å². The molecule has 1 aromatic heterocycles. The Hall–Kier alpha value is -1.12. The summed E-state index contributed by atoms with van der Waals surface area (Å²) >= 11 is 0. The average molecular weight is 219 g/mol. The van der Waals surface area contributed by atoms with Gasteiger partial charge in [-0.1, -0.05) is 27.7 Å². The van der Waals surface area contributed by atoms with Crippen molar-refractivity contribution < 1.29 is 0 Å². The zero-order chi connectivity index (χ0) is 11.8. The van der Waals surface area contributed by atoms with Gasteiger partial charge in [-0.25, -0.2) is 0 Å². The Bertz CT molecular complexity index is 354. The van der Waals surface area contributed by atoms with Crippen LogP contribution in [0.3, 0.4) is 0 Å². The molecule has 0 aliphatic heterocycles. The second-order valence-corrected chi connectivity index (χ2v) is 5.77. The highest BCUT2D eigenvalue weighted by molar-refractivity contribution is 5.33. The van der Waals surface area contributed by atoms with E-state index in [1.807, 2.05) is 6.07 Å². The summed E-state index contributed by atoms with van der Waals surface area (Å²) in [7, 11) is 0. The summed E-state index contributed by atoms with van der Waals surface area (Å²) in [6.07, 6.45) is 1.32. The van der Waals surface area contributed by atoms with Crippen LogP contribution >= 0.6 is 0 Å². The summed E-state index contributed by atoms with van der Waals surface area (Å²) in [5.74, 6) is 2.13. The third kappa shape index (κ3) is 2.52. The number of hydrogen-bond donors (Lipinski definition) is 1. The molecule has 0 radical (unpaired) electrons. The molecule has 0 spiro atoms. The van der Waals surface area contributed by atoms with Crippen LogP contribution in [0.25, 0.3) is 0 Å². The standard InChI is InChI=1S/C13H21N3/c1-9(2)11-5-6-12(16-15-11)14-8-10-7-13(10,3)4/h5-6,9-10H,7-8H2,1-4H3,(H,14,16). The van der Waals surface area contributed by atoms with Crippen LogP contribution in [0, 0.1) is 11.3 Å². The number of nitrogens with zero attached hydrogens (tertiary/aromatic N) is 2. The Kier molecular flexibility index (Phi) is 2.87. The first-order valence-corrected chi connectivity index (χ1v) is 6.06. The van der Waals surface area contributed by atoms with Crippen molar-refractivity contribution in [2.75, 3.05) is 11.9 Å². The summed E-state index contributed by atoms with van der Waals surface area (Å²) in [5, 5.41) is 11.7. The zero-order valence-electron chi connectivity index (χ0n) is 10.6. The molecular formula is C13H21N3. The molecule has 0 saturated heterocycles. The number of aromatic nitrogens is 2. The van der Waals surface area contributed by atoms with E-state index in [1.165, 1.54) is 6.42 Å². The Labute approximate surface area is 97.7 Å². The van der Waals surface area contributed by atoms with Gasteiger partial charge in [-0.3, -0.25) is 0 Å². The minimum absolute atomic E-state index is 0.448. The highest BCUT2D eigenvalue weighted by Crippen LogP contribution is 2.51. The second kappa shape index (κ2) is 4.04. The van der Waals surface area contributed by atoms with E-state index in [2.05, 4.69) is 49.3 Å². The maximum atomic E-state index is 4.20. The summed E-state index contributed by atoms with van der Waals surface area (Å²) in [6, 6.07) is 4.08.